The summed E-state index contributed by atoms with van der Waals surface area (Å²) < 4.78 is 17.7. The first-order valence-electron chi connectivity index (χ1n) is 11.2. The third-order valence-electron chi connectivity index (χ3n) is 5.35. The molecule has 8 nitrogen and oxygen atoms in total. The van der Waals surface area contributed by atoms with E-state index >= 15 is 0 Å². The van der Waals surface area contributed by atoms with Crippen LogP contribution in [0.1, 0.15) is 18.1 Å². The molecule has 4 rings (SSSR count). The largest absolute Gasteiger partial charge is 0.497 e. The second kappa shape index (κ2) is 11.7. The number of halogens is 2. The molecule has 190 valence electrons. The average Bonchev–Trinajstić information content (AvgIpc) is 2.86. The van der Waals surface area contributed by atoms with Crippen molar-refractivity contribution in [2.75, 3.05) is 18.6 Å². The molecule has 0 atom stereocenters. The van der Waals surface area contributed by atoms with Gasteiger partial charge in [0, 0.05) is 5.02 Å². The molecule has 0 radical (unpaired) electrons. The van der Waals surface area contributed by atoms with Gasteiger partial charge in [-0.05, 0) is 95.2 Å². The fraction of sp³-hybridized carbons (Fsp3) is 0.148. The second-order valence-electron chi connectivity index (χ2n) is 7.84. The lowest BCUT2D eigenvalue weighted by Crippen LogP contribution is -2.54. The fourth-order valence-corrected chi connectivity index (χ4v) is 4.64. The fourth-order valence-electron chi connectivity index (χ4n) is 3.65. The molecule has 1 heterocycles. The van der Waals surface area contributed by atoms with Crippen LogP contribution in [0.5, 0.6) is 17.2 Å². The van der Waals surface area contributed by atoms with E-state index in [1.54, 1.807) is 42.5 Å². The van der Waals surface area contributed by atoms with Gasteiger partial charge in [0.1, 0.15) is 17.9 Å². The normalized spacial score (nSPS) is 14.5. The average molecular weight is 633 g/mol. The van der Waals surface area contributed by atoms with Crippen LogP contribution >= 0.6 is 34.2 Å². The SMILES string of the molecule is CCOc1cc(/C=C2\C(=O)NC(=O)N(c3ccc(OC)cc3)C2=O)cc(I)c1OCc1cccc(Cl)c1. The lowest BCUT2D eigenvalue weighted by atomic mass is 10.1. The minimum Gasteiger partial charge on any atom is -0.497 e. The summed E-state index contributed by atoms with van der Waals surface area (Å²) >= 11 is 8.18. The highest BCUT2D eigenvalue weighted by molar-refractivity contribution is 14.1. The van der Waals surface area contributed by atoms with Crippen molar-refractivity contribution in [2.24, 2.45) is 0 Å². The van der Waals surface area contributed by atoms with E-state index in [9.17, 15) is 14.4 Å². The number of rotatable bonds is 8. The summed E-state index contributed by atoms with van der Waals surface area (Å²) in [6.45, 7) is 2.49. The number of ether oxygens (including phenoxy) is 3. The number of nitrogens with one attached hydrogen (secondary N) is 1. The Bertz CT molecular complexity index is 1390. The number of imide groups is 2. The summed E-state index contributed by atoms with van der Waals surface area (Å²) in [4.78, 5) is 39.2. The summed E-state index contributed by atoms with van der Waals surface area (Å²) in [5.41, 5.74) is 1.53. The van der Waals surface area contributed by atoms with Gasteiger partial charge in [0.25, 0.3) is 11.8 Å². The Labute approximate surface area is 232 Å². The zero-order valence-corrected chi connectivity index (χ0v) is 22.8. The van der Waals surface area contributed by atoms with Crippen LogP contribution in [0.2, 0.25) is 5.02 Å². The second-order valence-corrected chi connectivity index (χ2v) is 9.44. The number of carbonyl (C=O) groups excluding carboxylic acids is 3. The van der Waals surface area contributed by atoms with Crippen molar-refractivity contribution < 1.29 is 28.6 Å². The molecule has 3 aromatic carbocycles. The van der Waals surface area contributed by atoms with Crippen LogP contribution in [0, 0.1) is 3.57 Å². The van der Waals surface area contributed by atoms with E-state index in [4.69, 9.17) is 25.8 Å². The molecule has 0 saturated carbocycles. The van der Waals surface area contributed by atoms with Crippen LogP contribution in [0.25, 0.3) is 6.08 Å². The number of urea groups is 1. The molecule has 1 aliphatic heterocycles. The van der Waals surface area contributed by atoms with E-state index < -0.39 is 17.8 Å². The van der Waals surface area contributed by atoms with Gasteiger partial charge in [0.15, 0.2) is 11.5 Å². The van der Waals surface area contributed by atoms with Gasteiger partial charge in [0.05, 0.1) is 23.0 Å². The Balaban J connectivity index is 1.65. The summed E-state index contributed by atoms with van der Waals surface area (Å²) in [7, 11) is 1.51. The van der Waals surface area contributed by atoms with Crippen LogP contribution < -0.4 is 24.4 Å². The highest BCUT2D eigenvalue weighted by Gasteiger charge is 2.37. The van der Waals surface area contributed by atoms with E-state index in [2.05, 4.69) is 27.9 Å². The lowest BCUT2D eigenvalue weighted by molar-refractivity contribution is -0.122. The number of nitrogens with zero attached hydrogens (tertiary/aromatic N) is 1. The lowest BCUT2D eigenvalue weighted by Gasteiger charge is -2.26. The summed E-state index contributed by atoms with van der Waals surface area (Å²) in [5.74, 6) is 0.0207. The molecule has 1 fully saturated rings. The van der Waals surface area contributed by atoms with E-state index in [1.165, 1.54) is 13.2 Å². The van der Waals surface area contributed by atoms with Gasteiger partial charge in [-0.1, -0.05) is 23.7 Å². The molecule has 1 saturated heterocycles. The van der Waals surface area contributed by atoms with Crippen LogP contribution in [0.15, 0.2) is 66.2 Å². The van der Waals surface area contributed by atoms with E-state index in [1.807, 2.05) is 25.1 Å². The van der Waals surface area contributed by atoms with Crippen molar-refractivity contribution in [3.05, 3.63) is 86.0 Å². The molecule has 37 heavy (non-hydrogen) atoms. The Morgan fingerprint density at radius 1 is 1.03 bits per heavy atom. The molecule has 10 heteroatoms. The number of barbiturate groups is 1. The third-order valence-corrected chi connectivity index (χ3v) is 6.38. The number of benzene rings is 3. The topological polar surface area (TPSA) is 94.2 Å². The van der Waals surface area contributed by atoms with Gasteiger partial charge in [-0.25, -0.2) is 9.69 Å². The van der Waals surface area contributed by atoms with Gasteiger partial charge in [0.2, 0.25) is 0 Å². The zero-order valence-electron chi connectivity index (χ0n) is 19.9. The molecule has 0 aromatic heterocycles. The van der Waals surface area contributed by atoms with Crippen molar-refractivity contribution in [1.82, 2.24) is 5.32 Å². The Morgan fingerprint density at radius 2 is 1.78 bits per heavy atom. The quantitative estimate of drug-likeness (QED) is 0.198. The minimum absolute atomic E-state index is 0.193. The Hall–Kier alpha value is -3.57. The molecule has 1 N–H and O–H groups in total. The number of carbonyl (C=O) groups is 3. The summed E-state index contributed by atoms with van der Waals surface area (Å²) in [6.07, 6.45) is 1.42. The van der Waals surface area contributed by atoms with Gasteiger partial charge in [-0.3, -0.25) is 14.9 Å². The molecule has 4 amide bonds. The first-order chi connectivity index (χ1) is 17.8. The number of hydrogen-bond acceptors (Lipinski definition) is 6. The molecule has 0 spiro atoms. The van der Waals surface area contributed by atoms with Crippen molar-refractivity contribution in [3.63, 3.8) is 0 Å². The molecule has 1 aliphatic rings. The minimum atomic E-state index is -0.827. The number of hydrogen-bond donors (Lipinski definition) is 1. The van der Waals surface area contributed by atoms with Crippen molar-refractivity contribution in [3.8, 4) is 17.2 Å². The Kier molecular flexibility index (Phi) is 8.34. The number of amides is 4. The van der Waals surface area contributed by atoms with E-state index in [-0.39, 0.29) is 12.2 Å². The van der Waals surface area contributed by atoms with Crippen molar-refractivity contribution in [2.45, 2.75) is 13.5 Å². The first kappa shape index (κ1) is 26.5. The van der Waals surface area contributed by atoms with E-state index in [0.717, 1.165) is 10.5 Å². The van der Waals surface area contributed by atoms with Crippen molar-refractivity contribution >= 4 is 63.8 Å². The predicted octanol–water partition coefficient (Wildman–Crippen LogP) is 5.60. The van der Waals surface area contributed by atoms with Crippen molar-refractivity contribution in [1.29, 1.82) is 0 Å². The predicted molar refractivity (Wildman–Crippen MR) is 148 cm³/mol. The standard InChI is InChI=1S/C27H22ClIN2O6/c1-3-36-23-14-17(13-22(29)24(23)37-15-16-5-4-6-18(28)11-16)12-21-25(32)30-27(34)31(26(21)33)19-7-9-20(35-2)10-8-19/h4-14H,3,15H2,1-2H3,(H,30,32,34)/b21-12+. The Morgan fingerprint density at radius 3 is 2.46 bits per heavy atom. The van der Waals surface area contributed by atoms with Crippen LogP contribution in [-0.2, 0) is 16.2 Å². The molecule has 0 aliphatic carbocycles. The molecule has 0 unspecified atom stereocenters. The summed E-state index contributed by atoms with van der Waals surface area (Å²) in [6, 6.07) is 16.3. The van der Waals surface area contributed by atoms with Crippen LogP contribution in [-0.4, -0.2) is 31.6 Å². The molecular formula is C27H22ClIN2O6. The number of anilines is 1. The van der Waals surface area contributed by atoms with Gasteiger partial charge in [-0.2, -0.15) is 0 Å². The molecule has 0 bridgehead atoms. The van der Waals surface area contributed by atoms with Crippen LogP contribution in [0.3, 0.4) is 0 Å². The van der Waals surface area contributed by atoms with E-state index in [0.29, 0.717) is 43.7 Å². The highest BCUT2D eigenvalue weighted by Crippen LogP contribution is 2.36. The summed E-state index contributed by atoms with van der Waals surface area (Å²) in [5, 5.41) is 2.84. The molecular weight excluding hydrogens is 611 g/mol. The van der Waals surface area contributed by atoms with Gasteiger partial charge >= 0.3 is 6.03 Å². The smallest absolute Gasteiger partial charge is 0.335 e. The maximum absolute atomic E-state index is 13.2. The monoisotopic (exact) mass is 632 g/mol. The van der Waals surface area contributed by atoms with Gasteiger partial charge < -0.3 is 14.2 Å². The maximum atomic E-state index is 13.2. The first-order valence-corrected chi connectivity index (χ1v) is 12.7. The highest BCUT2D eigenvalue weighted by atomic mass is 127. The zero-order chi connectivity index (χ0) is 26.5. The van der Waals surface area contributed by atoms with Gasteiger partial charge in [-0.15, -0.1) is 0 Å². The third kappa shape index (κ3) is 6.05. The van der Waals surface area contributed by atoms with Crippen LogP contribution in [0.4, 0.5) is 10.5 Å². The molecule has 3 aromatic rings. The maximum Gasteiger partial charge on any atom is 0.335 e. The number of methoxy groups -OCH3 is 1.